The van der Waals surface area contributed by atoms with Crippen LogP contribution < -0.4 is 5.32 Å². The van der Waals surface area contributed by atoms with Gasteiger partial charge in [-0.3, -0.25) is 0 Å². The molecule has 0 radical (unpaired) electrons. The highest BCUT2D eigenvalue weighted by Gasteiger charge is 2.17. The summed E-state index contributed by atoms with van der Waals surface area (Å²) in [4.78, 5) is 0. The Labute approximate surface area is 113 Å². The van der Waals surface area contributed by atoms with Crippen LogP contribution >= 0.6 is 11.8 Å². The van der Waals surface area contributed by atoms with Gasteiger partial charge in [0.15, 0.2) is 0 Å². The van der Waals surface area contributed by atoms with Gasteiger partial charge in [0.2, 0.25) is 0 Å². The molecule has 4 heteroatoms. The summed E-state index contributed by atoms with van der Waals surface area (Å²) < 4.78 is 13.1. The third kappa shape index (κ3) is 4.96. The molecule has 1 aromatic rings. The summed E-state index contributed by atoms with van der Waals surface area (Å²) in [6, 6.07) is 7.18. The predicted molar refractivity (Wildman–Crippen MR) is 76.6 cm³/mol. The maximum atomic E-state index is 13.1. The molecule has 0 aliphatic rings. The van der Waals surface area contributed by atoms with Crippen molar-refractivity contribution in [3.8, 4) is 0 Å². The lowest BCUT2D eigenvalue weighted by Crippen LogP contribution is -2.43. The van der Waals surface area contributed by atoms with Crippen LogP contribution in [-0.4, -0.2) is 35.3 Å². The van der Waals surface area contributed by atoms with Crippen molar-refractivity contribution in [2.45, 2.75) is 37.6 Å². The van der Waals surface area contributed by atoms with Crippen LogP contribution in [0.4, 0.5) is 4.39 Å². The summed E-state index contributed by atoms with van der Waals surface area (Å²) in [5, 5.41) is 12.9. The van der Waals surface area contributed by atoms with Crippen LogP contribution in [0.2, 0.25) is 0 Å². The summed E-state index contributed by atoms with van der Waals surface area (Å²) in [5.74, 6) is -0.190. The second-order valence-corrected chi connectivity index (χ2v) is 5.72. The summed E-state index contributed by atoms with van der Waals surface area (Å²) in [5.41, 5.74) is 0.993. The number of aliphatic hydroxyl groups is 1. The van der Waals surface area contributed by atoms with Crippen molar-refractivity contribution in [1.29, 1.82) is 0 Å². The standard InChI is InChI=1S/C14H22FNOS/c1-10(16-11(2)14(9-17)18-3)7-12-5-4-6-13(15)8-12/h4-6,8,10-11,14,16-17H,7,9H2,1-3H3. The Hall–Kier alpha value is -0.580. The lowest BCUT2D eigenvalue weighted by Gasteiger charge is -2.25. The van der Waals surface area contributed by atoms with E-state index in [9.17, 15) is 9.50 Å². The zero-order valence-corrected chi connectivity index (χ0v) is 12.0. The van der Waals surface area contributed by atoms with Gasteiger partial charge in [0.25, 0.3) is 0 Å². The zero-order valence-electron chi connectivity index (χ0n) is 11.2. The van der Waals surface area contributed by atoms with Crippen molar-refractivity contribution in [2.75, 3.05) is 12.9 Å². The molecule has 0 aromatic heterocycles. The topological polar surface area (TPSA) is 32.3 Å². The van der Waals surface area contributed by atoms with E-state index in [1.807, 2.05) is 12.3 Å². The molecule has 102 valence electrons. The minimum atomic E-state index is -0.190. The molecule has 0 saturated carbocycles. The molecule has 18 heavy (non-hydrogen) atoms. The molecule has 0 saturated heterocycles. The number of rotatable bonds is 7. The summed E-state index contributed by atoms with van der Waals surface area (Å²) >= 11 is 1.66. The first kappa shape index (κ1) is 15.5. The molecule has 0 aliphatic carbocycles. The van der Waals surface area contributed by atoms with Gasteiger partial charge in [-0.15, -0.1) is 0 Å². The lowest BCUT2D eigenvalue weighted by atomic mass is 10.1. The second-order valence-electron chi connectivity index (χ2n) is 4.65. The van der Waals surface area contributed by atoms with Crippen molar-refractivity contribution in [1.82, 2.24) is 5.32 Å². The van der Waals surface area contributed by atoms with Gasteiger partial charge in [0, 0.05) is 17.3 Å². The molecule has 2 N–H and O–H groups in total. The van der Waals surface area contributed by atoms with E-state index in [1.165, 1.54) is 6.07 Å². The highest BCUT2D eigenvalue weighted by atomic mass is 32.2. The number of aliphatic hydroxyl groups excluding tert-OH is 1. The molecular weight excluding hydrogens is 249 g/mol. The van der Waals surface area contributed by atoms with Crippen LogP contribution in [0.1, 0.15) is 19.4 Å². The monoisotopic (exact) mass is 271 g/mol. The Morgan fingerprint density at radius 3 is 2.67 bits per heavy atom. The fourth-order valence-corrected chi connectivity index (χ4v) is 2.71. The molecule has 0 fully saturated rings. The van der Waals surface area contributed by atoms with Gasteiger partial charge in [0.05, 0.1) is 6.61 Å². The van der Waals surface area contributed by atoms with E-state index in [0.29, 0.717) is 0 Å². The van der Waals surface area contributed by atoms with E-state index < -0.39 is 0 Å². The van der Waals surface area contributed by atoms with Crippen LogP contribution in [0.15, 0.2) is 24.3 Å². The normalized spacial score (nSPS) is 16.3. The average molecular weight is 271 g/mol. The fourth-order valence-electron chi connectivity index (χ4n) is 2.07. The quantitative estimate of drug-likeness (QED) is 0.799. The minimum absolute atomic E-state index is 0.169. The molecule has 2 nitrogen and oxygen atoms in total. The highest BCUT2D eigenvalue weighted by Crippen LogP contribution is 2.12. The van der Waals surface area contributed by atoms with Gasteiger partial charge in [-0.2, -0.15) is 11.8 Å². The third-order valence-corrected chi connectivity index (χ3v) is 4.18. The molecule has 0 amide bonds. The van der Waals surface area contributed by atoms with Gasteiger partial charge < -0.3 is 10.4 Å². The number of benzene rings is 1. The molecule has 0 spiro atoms. The largest absolute Gasteiger partial charge is 0.395 e. The smallest absolute Gasteiger partial charge is 0.123 e. The number of halogens is 1. The van der Waals surface area contributed by atoms with Gasteiger partial charge >= 0.3 is 0 Å². The Morgan fingerprint density at radius 1 is 1.39 bits per heavy atom. The summed E-state index contributed by atoms with van der Waals surface area (Å²) in [7, 11) is 0. The SMILES string of the molecule is CSC(CO)C(C)NC(C)Cc1cccc(F)c1. The first-order valence-corrected chi connectivity index (χ1v) is 7.49. The third-order valence-electron chi connectivity index (χ3n) is 3.02. The number of hydrogen-bond donors (Lipinski definition) is 2. The Kier molecular flexibility index (Phi) is 6.68. The Bertz CT molecular complexity index is 357. The molecule has 1 rings (SSSR count). The predicted octanol–water partition coefficient (Wildman–Crippen LogP) is 2.46. The van der Waals surface area contributed by atoms with E-state index in [4.69, 9.17) is 0 Å². The summed E-state index contributed by atoms with van der Waals surface area (Å²) in [6.07, 6.45) is 2.78. The molecule has 3 atom stereocenters. The van der Waals surface area contributed by atoms with E-state index in [2.05, 4.69) is 19.2 Å². The van der Waals surface area contributed by atoms with Crippen LogP contribution in [0, 0.1) is 5.82 Å². The van der Waals surface area contributed by atoms with E-state index in [1.54, 1.807) is 23.9 Å². The van der Waals surface area contributed by atoms with Crippen LogP contribution in [0.25, 0.3) is 0 Å². The van der Waals surface area contributed by atoms with Crippen LogP contribution in [0.3, 0.4) is 0 Å². The molecule has 1 aromatic carbocycles. The van der Waals surface area contributed by atoms with Gasteiger partial charge in [-0.05, 0) is 44.2 Å². The van der Waals surface area contributed by atoms with Gasteiger partial charge in [-0.25, -0.2) is 4.39 Å². The van der Waals surface area contributed by atoms with Gasteiger partial charge in [0.1, 0.15) is 5.82 Å². The first-order chi connectivity index (χ1) is 8.56. The second kappa shape index (κ2) is 7.77. The molecule has 0 heterocycles. The van der Waals surface area contributed by atoms with Crippen molar-refractivity contribution < 1.29 is 9.50 Å². The van der Waals surface area contributed by atoms with E-state index in [-0.39, 0.29) is 29.8 Å². The van der Waals surface area contributed by atoms with Crippen LogP contribution in [0.5, 0.6) is 0 Å². The van der Waals surface area contributed by atoms with Crippen LogP contribution in [-0.2, 0) is 6.42 Å². The maximum absolute atomic E-state index is 13.1. The Morgan fingerprint density at radius 2 is 2.11 bits per heavy atom. The number of nitrogens with one attached hydrogen (secondary N) is 1. The summed E-state index contributed by atoms with van der Waals surface area (Å²) in [6.45, 7) is 4.32. The van der Waals surface area contributed by atoms with E-state index >= 15 is 0 Å². The Balaban J connectivity index is 2.48. The molecule has 0 bridgehead atoms. The fraction of sp³-hybridized carbons (Fsp3) is 0.571. The molecular formula is C14H22FNOS. The molecule has 0 aliphatic heterocycles. The van der Waals surface area contributed by atoms with Gasteiger partial charge in [-0.1, -0.05) is 12.1 Å². The average Bonchev–Trinajstić information content (AvgIpc) is 2.30. The van der Waals surface area contributed by atoms with E-state index in [0.717, 1.165) is 12.0 Å². The lowest BCUT2D eigenvalue weighted by molar-refractivity contribution is 0.271. The van der Waals surface area contributed by atoms with Crippen molar-refractivity contribution >= 4 is 11.8 Å². The zero-order chi connectivity index (χ0) is 13.5. The number of thioether (sulfide) groups is 1. The first-order valence-electron chi connectivity index (χ1n) is 6.21. The minimum Gasteiger partial charge on any atom is -0.395 e. The van der Waals surface area contributed by atoms with Crippen molar-refractivity contribution in [3.63, 3.8) is 0 Å². The number of hydrogen-bond acceptors (Lipinski definition) is 3. The molecule has 3 unspecified atom stereocenters. The maximum Gasteiger partial charge on any atom is 0.123 e. The van der Waals surface area contributed by atoms with Crippen molar-refractivity contribution in [2.24, 2.45) is 0 Å². The highest BCUT2D eigenvalue weighted by molar-refractivity contribution is 7.99. The van der Waals surface area contributed by atoms with Crippen molar-refractivity contribution in [3.05, 3.63) is 35.6 Å².